The van der Waals surface area contributed by atoms with Crippen LogP contribution < -0.4 is 0 Å². The zero-order valence-corrected chi connectivity index (χ0v) is 14.9. The summed E-state index contributed by atoms with van der Waals surface area (Å²) in [7, 11) is 1.42. The van der Waals surface area contributed by atoms with E-state index in [-0.39, 0.29) is 17.2 Å². The summed E-state index contributed by atoms with van der Waals surface area (Å²) in [4.78, 5) is 23.6. The van der Waals surface area contributed by atoms with Gasteiger partial charge in [0, 0.05) is 5.56 Å². The number of fused-ring (bicyclic) bond motifs is 2. The van der Waals surface area contributed by atoms with Gasteiger partial charge in [-0.1, -0.05) is 12.1 Å². The van der Waals surface area contributed by atoms with Gasteiger partial charge in [0.25, 0.3) is 0 Å². The predicted molar refractivity (Wildman–Crippen MR) is 96.2 cm³/mol. The van der Waals surface area contributed by atoms with Crippen LogP contribution >= 0.6 is 0 Å². The molecule has 2 aromatic rings. The lowest BCUT2D eigenvalue weighted by atomic mass is 9.82. The molecule has 4 rings (SSSR count). The first-order valence-corrected chi connectivity index (χ1v) is 8.74. The normalized spacial score (nSPS) is 20.4. The first-order valence-electron chi connectivity index (χ1n) is 8.74. The summed E-state index contributed by atoms with van der Waals surface area (Å²) in [5, 5.41) is 0. The van der Waals surface area contributed by atoms with Crippen LogP contribution in [0.4, 0.5) is 0 Å². The van der Waals surface area contributed by atoms with Crippen LogP contribution in [0.5, 0.6) is 0 Å². The number of esters is 1. The van der Waals surface area contributed by atoms with Crippen LogP contribution in [0, 0.1) is 12.3 Å². The molecule has 2 aromatic carbocycles. The molecule has 2 aliphatic carbocycles. The van der Waals surface area contributed by atoms with Gasteiger partial charge < -0.3 is 4.74 Å². The number of rotatable bonds is 2. The molecule has 0 bridgehead atoms. The fraction of sp³-hybridized carbons (Fsp3) is 0.364. The number of carbonyl (C=O) groups excluding carboxylic acids is 2. The summed E-state index contributed by atoms with van der Waals surface area (Å²) >= 11 is 0. The van der Waals surface area contributed by atoms with Gasteiger partial charge in [0.15, 0.2) is 5.78 Å². The number of aryl methyl sites for hydroxylation is 1. The second-order valence-corrected chi connectivity index (χ2v) is 7.67. The SMILES string of the molecule is COC(=O)c1ccc2c(c1)CC1(C2)Cc2cc(C)c(C(C)=O)cc2C1. The van der Waals surface area contributed by atoms with Crippen molar-refractivity contribution >= 4 is 11.8 Å². The molecule has 2 aliphatic rings. The molecule has 0 saturated carbocycles. The van der Waals surface area contributed by atoms with E-state index < -0.39 is 0 Å². The highest BCUT2D eigenvalue weighted by Gasteiger charge is 2.42. The smallest absolute Gasteiger partial charge is 0.337 e. The molecule has 1 spiro atoms. The molecule has 0 aliphatic heterocycles. The van der Waals surface area contributed by atoms with Crippen molar-refractivity contribution < 1.29 is 14.3 Å². The van der Waals surface area contributed by atoms with Gasteiger partial charge in [-0.15, -0.1) is 0 Å². The van der Waals surface area contributed by atoms with Crippen molar-refractivity contribution in [2.75, 3.05) is 7.11 Å². The van der Waals surface area contributed by atoms with Crippen LogP contribution in [0.25, 0.3) is 0 Å². The molecule has 3 nitrogen and oxygen atoms in total. The predicted octanol–water partition coefficient (Wildman–Crippen LogP) is 3.87. The lowest BCUT2D eigenvalue weighted by Crippen LogP contribution is -2.21. The van der Waals surface area contributed by atoms with Crippen molar-refractivity contribution in [3.8, 4) is 0 Å². The Kier molecular flexibility index (Phi) is 3.57. The topological polar surface area (TPSA) is 43.4 Å². The van der Waals surface area contributed by atoms with Gasteiger partial charge in [0.1, 0.15) is 0 Å². The van der Waals surface area contributed by atoms with E-state index in [0.717, 1.165) is 36.8 Å². The molecule has 0 N–H and O–H groups in total. The molecule has 0 saturated heterocycles. The standard InChI is InChI=1S/C22H22O3/c1-13-6-17-10-22(12-19(17)8-20(13)14(2)23)9-16-5-4-15(21(24)25-3)7-18(16)11-22/h4-8H,9-12H2,1-3H3. The van der Waals surface area contributed by atoms with Gasteiger partial charge in [-0.25, -0.2) is 4.79 Å². The average molecular weight is 334 g/mol. The maximum atomic E-state index is 11.8. The van der Waals surface area contributed by atoms with Gasteiger partial charge in [-0.05, 0) is 91.0 Å². The van der Waals surface area contributed by atoms with Gasteiger partial charge >= 0.3 is 5.97 Å². The van der Waals surface area contributed by atoms with Crippen LogP contribution in [0.3, 0.4) is 0 Å². The van der Waals surface area contributed by atoms with Crippen LogP contribution in [0.1, 0.15) is 55.5 Å². The van der Waals surface area contributed by atoms with Crippen molar-refractivity contribution in [1.29, 1.82) is 0 Å². The summed E-state index contributed by atoms with van der Waals surface area (Å²) < 4.78 is 4.84. The highest BCUT2D eigenvalue weighted by Crippen LogP contribution is 2.47. The third-order valence-corrected chi connectivity index (χ3v) is 5.82. The fourth-order valence-corrected chi connectivity index (χ4v) is 4.72. The molecule has 3 heteroatoms. The molecule has 0 amide bonds. The maximum Gasteiger partial charge on any atom is 0.337 e. The van der Waals surface area contributed by atoms with E-state index in [9.17, 15) is 9.59 Å². The number of ether oxygens (including phenoxy) is 1. The Morgan fingerprint density at radius 1 is 0.920 bits per heavy atom. The molecule has 0 fully saturated rings. The summed E-state index contributed by atoms with van der Waals surface area (Å²) in [5.41, 5.74) is 8.04. The van der Waals surface area contributed by atoms with Crippen LogP contribution in [-0.4, -0.2) is 18.9 Å². The molecule has 0 radical (unpaired) electrons. The Labute approximate surface area is 148 Å². The molecule has 0 aromatic heterocycles. The molecule has 1 unspecified atom stereocenters. The lowest BCUT2D eigenvalue weighted by Gasteiger charge is -2.21. The van der Waals surface area contributed by atoms with Gasteiger partial charge in [-0.2, -0.15) is 0 Å². The maximum absolute atomic E-state index is 11.8. The van der Waals surface area contributed by atoms with Crippen molar-refractivity contribution in [1.82, 2.24) is 0 Å². The lowest BCUT2D eigenvalue weighted by molar-refractivity contribution is 0.0600. The quantitative estimate of drug-likeness (QED) is 0.618. The van der Waals surface area contributed by atoms with Gasteiger partial charge in [0.2, 0.25) is 0 Å². The molecular formula is C22H22O3. The largest absolute Gasteiger partial charge is 0.465 e. The Morgan fingerprint density at radius 2 is 1.52 bits per heavy atom. The van der Waals surface area contributed by atoms with Crippen molar-refractivity contribution in [3.63, 3.8) is 0 Å². The van der Waals surface area contributed by atoms with Crippen LogP contribution in [-0.2, 0) is 30.4 Å². The van der Waals surface area contributed by atoms with Gasteiger partial charge in [-0.3, -0.25) is 4.79 Å². The average Bonchev–Trinajstić information content (AvgIpc) is 3.10. The number of methoxy groups -OCH3 is 1. The van der Waals surface area contributed by atoms with Crippen molar-refractivity contribution in [3.05, 3.63) is 69.3 Å². The number of carbonyl (C=O) groups is 2. The minimum atomic E-state index is -0.278. The van der Waals surface area contributed by atoms with Crippen molar-refractivity contribution in [2.24, 2.45) is 5.41 Å². The monoisotopic (exact) mass is 334 g/mol. The molecule has 128 valence electrons. The second-order valence-electron chi connectivity index (χ2n) is 7.67. The zero-order valence-electron chi connectivity index (χ0n) is 14.9. The third kappa shape index (κ3) is 2.58. The molecule has 0 heterocycles. The minimum Gasteiger partial charge on any atom is -0.465 e. The number of ketones is 1. The second kappa shape index (κ2) is 5.55. The number of hydrogen-bond acceptors (Lipinski definition) is 3. The molecule has 25 heavy (non-hydrogen) atoms. The first-order chi connectivity index (χ1) is 11.9. The summed E-state index contributed by atoms with van der Waals surface area (Å²) in [5.74, 6) is -0.140. The van der Waals surface area contributed by atoms with E-state index in [1.54, 1.807) is 6.92 Å². The van der Waals surface area contributed by atoms with E-state index in [2.05, 4.69) is 18.2 Å². The summed E-state index contributed by atoms with van der Waals surface area (Å²) in [6.45, 7) is 3.66. The van der Waals surface area contributed by atoms with Crippen LogP contribution in [0.15, 0.2) is 30.3 Å². The first kappa shape index (κ1) is 16.1. The summed E-state index contributed by atoms with van der Waals surface area (Å²) in [6, 6.07) is 10.2. The fourth-order valence-electron chi connectivity index (χ4n) is 4.72. The van der Waals surface area contributed by atoms with Crippen LogP contribution in [0.2, 0.25) is 0 Å². The Bertz CT molecular complexity index is 910. The Hall–Kier alpha value is -2.42. The molecule has 1 atom stereocenters. The highest BCUT2D eigenvalue weighted by molar-refractivity contribution is 5.96. The Balaban J connectivity index is 1.65. The highest BCUT2D eigenvalue weighted by atomic mass is 16.5. The minimum absolute atomic E-state index is 0.138. The van der Waals surface area contributed by atoms with E-state index in [1.165, 1.54) is 29.4 Å². The Morgan fingerprint density at radius 3 is 2.16 bits per heavy atom. The number of benzene rings is 2. The number of hydrogen-bond donors (Lipinski definition) is 0. The molecular weight excluding hydrogens is 312 g/mol. The third-order valence-electron chi connectivity index (χ3n) is 5.82. The number of Topliss-reactive ketones (excluding diaryl/α,β-unsaturated/α-hetero) is 1. The van der Waals surface area contributed by atoms with E-state index >= 15 is 0 Å². The zero-order chi connectivity index (χ0) is 17.8. The van der Waals surface area contributed by atoms with Gasteiger partial charge in [0.05, 0.1) is 12.7 Å². The van der Waals surface area contributed by atoms with E-state index in [1.807, 2.05) is 19.1 Å². The van der Waals surface area contributed by atoms with E-state index in [0.29, 0.717) is 5.56 Å². The van der Waals surface area contributed by atoms with Crippen molar-refractivity contribution in [2.45, 2.75) is 39.5 Å². The summed E-state index contributed by atoms with van der Waals surface area (Å²) in [6.07, 6.45) is 4.07. The van der Waals surface area contributed by atoms with E-state index in [4.69, 9.17) is 4.74 Å².